The molecule has 1 heterocycles. The SMILES string of the molecule is CC(C)OC(=O)CN1C(=O)S/C(=C/c2cccc3ccccc23)C1=O. The van der Waals surface area contributed by atoms with Crippen LogP contribution in [0.3, 0.4) is 0 Å². The molecule has 2 aromatic rings. The highest BCUT2D eigenvalue weighted by Crippen LogP contribution is 2.33. The molecule has 5 nitrogen and oxygen atoms in total. The first-order valence-electron chi connectivity index (χ1n) is 7.88. The van der Waals surface area contributed by atoms with Gasteiger partial charge in [-0.3, -0.25) is 19.3 Å². The molecule has 1 fully saturated rings. The van der Waals surface area contributed by atoms with Crippen molar-refractivity contribution < 1.29 is 19.1 Å². The number of fused-ring (bicyclic) bond motifs is 1. The molecule has 2 aromatic carbocycles. The lowest BCUT2D eigenvalue weighted by atomic mass is 10.0. The first-order chi connectivity index (χ1) is 12.0. The Bertz CT molecular complexity index is 883. The third-order valence-electron chi connectivity index (χ3n) is 3.64. The van der Waals surface area contributed by atoms with E-state index >= 15 is 0 Å². The maximum Gasteiger partial charge on any atom is 0.326 e. The van der Waals surface area contributed by atoms with Gasteiger partial charge in [-0.15, -0.1) is 0 Å². The highest BCUT2D eigenvalue weighted by atomic mass is 32.2. The number of amides is 2. The highest BCUT2D eigenvalue weighted by molar-refractivity contribution is 8.18. The van der Waals surface area contributed by atoms with Crippen LogP contribution in [-0.2, 0) is 14.3 Å². The van der Waals surface area contributed by atoms with Crippen LogP contribution in [0.15, 0.2) is 47.4 Å². The average molecular weight is 355 g/mol. The van der Waals surface area contributed by atoms with E-state index in [1.807, 2.05) is 42.5 Å². The first-order valence-corrected chi connectivity index (χ1v) is 8.70. The maximum atomic E-state index is 12.5. The minimum atomic E-state index is -0.594. The van der Waals surface area contributed by atoms with Crippen molar-refractivity contribution in [2.45, 2.75) is 20.0 Å². The molecule has 25 heavy (non-hydrogen) atoms. The van der Waals surface area contributed by atoms with Gasteiger partial charge in [0.05, 0.1) is 11.0 Å². The molecule has 0 saturated carbocycles. The van der Waals surface area contributed by atoms with E-state index < -0.39 is 17.1 Å². The van der Waals surface area contributed by atoms with E-state index in [1.165, 1.54) is 0 Å². The zero-order chi connectivity index (χ0) is 18.0. The van der Waals surface area contributed by atoms with Crippen LogP contribution in [0.2, 0.25) is 0 Å². The Labute approximate surface area is 149 Å². The summed E-state index contributed by atoms with van der Waals surface area (Å²) >= 11 is 0.837. The topological polar surface area (TPSA) is 63.7 Å². The first kappa shape index (κ1) is 17.2. The van der Waals surface area contributed by atoms with Crippen LogP contribution in [0.1, 0.15) is 19.4 Å². The summed E-state index contributed by atoms with van der Waals surface area (Å²) in [6.45, 7) is 3.06. The van der Waals surface area contributed by atoms with Crippen LogP contribution in [0.4, 0.5) is 4.79 Å². The second-order valence-electron chi connectivity index (χ2n) is 5.87. The number of rotatable bonds is 4. The predicted octanol–water partition coefficient (Wildman–Crippen LogP) is 3.83. The van der Waals surface area contributed by atoms with Crippen molar-refractivity contribution >= 4 is 45.7 Å². The zero-order valence-electron chi connectivity index (χ0n) is 13.9. The molecular formula is C19H17NO4S. The average Bonchev–Trinajstić information content (AvgIpc) is 2.82. The summed E-state index contributed by atoms with van der Waals surface area (Å²) in [6, 6.07) is 13.6. The van der Waals surface area contributed by atoms with Gasteiger partial charge < -0.3 is 4.74 Å². The Hall–Kier alpha value is -2.60. The monoisotopic (exact) mass is 355 g/mol. The standard InChI is InChI=1S/C19H17NO4S/c1-12(2)24-17(21)11-20-18(22)16(25-19(20)23)10-14-8-5-7-13-6-3-4-9-15(13)14/h3-10,12H,11H2,1-2H3/b16-10+. The summed E-state index contributed by atoms with van der Waals surface area (Å²) in [6.07, 6.45) is 1.40. The molecule has 128 valence electrons. The molecular weight excluding hydrogens is 338 g/mol. The molecule has 0 aliphatic carbocycles. The van der Waals surface area contributed by atoms with Crippen molar-refractivity contribution in [2.75, 3.05) is 6.54 Å². The minimum Gasteiger partial charge on any atom is -0.462 e. The fourth-order valence-corrected chi connectivity index (χ4v) is 3.41. The van der Waals surface area contributed by atoms with Gasteiger partial charge in [0.2, 0.25) is 0 Å². The van der Waals surface area contributed by atoms with Crippen LogP contribution in [0.25, 0.3) is 16.8 Å². The molecule has 6 heteroatoms. The highest BCUT2D eigenvalue weighted by Gasteiger charge is 2.36. The molecule has 0 bridgehead atoms. The number of esters is 1. The van der Waals surface area contributed by atoms with Gasteiger partial charge in [0.15, 0.2) is 0 Å². The number of nitrogens with zero attached hydrogens (tertiary/aromatic N) is 1. The van der Waals surface area contributed by atoms with Crippen molar-refractivity contribution in [3.8, 4) is 0 Å². The van der Waals surface area contributed by atoms with Gasteiger partial charge in [0.1, 0.15) is 6.54 Å². The Balaban J connectivity index is 1.86. The van der Waals surface area contributed by atoms with Crippen molar-refractivity contribution in [2.24, 2.45) is 0 Å². The van der Waals surface area contributed by atoms with E-state index in [0.29, 0.717) is 4.91 Å². The number of imide groups is 1. The number of ether oxygens (including phenoxy) is 1. The fraction of sp³-hybridized carbons (Fsp3) is 0.211. The van der Waals surface area contributed by atoms with E-state index in [2.05, 4.69) is 0 Å². The molecule has 0 N–H and O–H groups in total. The lowest BCUT2D eigenvalue weighted by molar-refractivity contribution is -0.149. The van der Waals surface area contributed by atoms with Gasteiger partial charge in [-0.25, -0.2) is 0 Å². The van der Waals surface area contributed by atoms with Gasteiger partial charge in [-0.05, 0) is 48.0 Å². The third-order valence-corrected chi connectivity index (χ3v) is 4.55. The number of hydrogen-bond donors (Lipinski definition) is 0. The van der Waals surface area contributed by atoms with E-state index in [4.69, 9.17) is 4.74 Å². The van der Waals surface area contributed by atoms with Gasteiger partial charge in [0.25, 0.3) is 11.1 Å². The smallest absolute Gasteiger partial charge is 0.326 e. The van der Waals surface area contributed by atoms with Gasteiger partial charge in [0, 0.05) is 0 Å². The number of carbonyl (C=O) groups is 3. The molecule has 2 amide bonds. The van der Waals surface area contributed by atoms with Crippen molar-refractivity contribution in [3.63, 3.8) is 0 Å². The summed E-state index contributed by atoms with van der Waals surface area (Å²) in [5, 5.41) is 1.59. The van der Waals surface area contributed by atoms with Crippen molar-refractivity contribution in [1.82, 2.24) is 4.90 Å². The Morgan fingerprint density at radius 3 is 2.64 bits per heavy atom. The van der Waals surface area contributed by atoms with Crippen molar-refractivity contribution in [1.29, 1.82) is 0 Å². The van der Waals surface area contributed by atoms with Crippen LogP contribution < -0.4 is 0 Å². The number of benzene rings is 2. The van der Waals surface area contributed by atoms with E-state index in [9.17, 15) is 14.4 Å². The Morgan fingerprint density at radius 2 is 1.88 bits per heavy atom. The minimum absolute atomic E-state index is 0.293. The summed E-state index contributed by atoms with van der Waals surface area (Å²) in [5.41, 5.74) is 0.855. The molecule has 0 spiro atoms. The second kappa shape index (κ2) is 7.11. The lowest BCUT2D eigenvalue weighted by Gasteiger charge is -2.13. The predicted molar refractivity (Wildman–Crippen MR) is 97.9 cm³/mol. The van der Waals surface area contributed by atoms with Crippen LogP contribution in [0, 0.1) is 0 Å². The van der Waals surface area contributed by atoms with E-state index in [1.54, 1.807) is 19.9 Å². The normalized spacial score (nSPS) is 16.3. The van der Waals surface area contributed by atoms with Crippen molar-refractivity contribution in [3.05, 3.63) is 52.9 Å². The van der Waals surface area contributed by atoms with Gasteiger partial charge in [-0.1, -0.05) is 42.5 Å². The maximum absolute atomic E-state index is 12.5. The summed E-state index contributed by atoms with van der Waals surface area (Å²) < 4.78 is 5.01. The molecule has 1 aliphatic heterocycles. The Kier molecular flexibility index (Phi) is 4.90. The zero-order valence-corrected chi connectivity index (χ0v) is 14.7. The van der Waals surface area contributed by atoms with E-state index in [0.717, 1.165) is 33.0 Å². The molecule has 3 rings (SSSR count). The summed E-state index contributed by atoms with van der Waals surface area (Å²) in [4.78, 5) is 37.5. The van der Waals surface area contributed by atoms with Gasteiger partial charge in [-0.2, -0.15) is 0 Å². The van der Waals surface area contributed by atoms with E-state index in [-0.39, 0.29) is 12.6 Å². The van der Waals surface area contributed by atoms with Crippen LogP contribution in [0.5, 0.6) is 0 Å². The number of carbonyl (C=O) groups excluding carboxylic acids is 3. The number of hydrogen-bond acceptors (Lipinski definition) is 5. The largest absolute Gasteiger partial charge is 0.462 e. The molecule has 1 saturated heterocycles. The number of thioether (sulfide) groups is 1. The third kappa shape index (κ3) is 3.74. The molecule has 1 aliphatic rings. The fourth-order valence-electron chi connectivity index (χ4n) is 2.58. The lowest BCUT2D eigenvalue weighted by Crippen LogP contribution is -2.35. The van der Waals surface area contributed by atoms with Crippen LogP contribution in [-0.4, -0.2) is 34.7 Å². The quantitative estimate of drug-likeness (QED) is 0.616. The summed E-state index contributed by atoms with van der Waals surface area (Å²) in [5.74, 6) is -1.06. The Morgan fingerprint density at radius 1 is 1.16 bits per heavy atom. The molecule has 0 radical (unpaired) electrons. The van der Waals surface area contributed by atoms with Gasteiger partial charge >= 0.3 is 5.97 Å². The van der Waals surface area contributed by atoms with Crippen LogP contribution >= 0.6 is 11.8 Å². The molecule has 0 unspecified atom stereocenters. The second-order valence-corrected chi connectivity index (χ2v) is 6.87. The summed E-state index contributed by atoms with van der Waals surface area (Å²) in [7, 11) is 0. The molecule has 0 aromatic heterocycles. The molecule has 0 atom stereocenters.